The van der Waals surface area contributed by atoms with Crippen LogP contribution in [-0.2, 0) is 0 Å². The van der Waals surface area contributed by atoms with Gasteiger partial charge in [-0.25, -0.2) is 4.98 Å². The Morgan fingerprint density at radius 2 is 2.00 bits per heavy atom. The van der Waals surface area contributed by atoms with E-state index in [0.717, 1.165) is 0 Å². The number of halogens is 2. The normalized spacial score (nSPS) is 16.4. The van der Waals surface area contributed by atoms with Crippen LogP contribution in [0.4, 0.5) is 8.78 Å². The van der Waals surface area contributed by atoms with E-state index in [9.17, 15) is 8.78 Å². The van der Waals surface area contributed by atoms with Crippen molar-refractivity contribution >= 4 is 0 Å². The minimum Gasteiger partial charge on any atom is -0.395 e. The third-order valence-corrected chi connectivity index (χ3v) is 2.19. The van der Waals surface area contributed by atoms with Crippen LogP contribution in [0.3, 0.4) is 0 Å². The number of fused-ring (bicyclic) bond motifs is 1. The van der Waals surface area contributed by atoms with Gasteiger partial charge in [0, 0.05) is 18.5 Å². The first-order valence-electron chi connectivity index (χ1n) is 4.52. The van der Waals surface area contributed by atoms with Gasteiger partial charge in [-0.1, -0.05) is 0 Å². The number of ether oxygens (including phenoxy) is 2. The first kappa shape index (κ1) is 9.14. The lowest BCUT2D eigenvalue weighted by Crippen LogP contribution is -2.25. The Morgan fingerprint density at radius 1 is 1.19 bits per heavy atom. The van der Waals surface area contributed by atoms with Crippen LogP contribution < -0.4 is 9.47 Å². The van der Waals surface area contributed by atoms with Crippen molar-refractivity contribution in [3.63, 3.8) is 0 Å². The molecule has 0 bridgehead atoms. The molecule has 2 heterocycles. The van der Waals surface area contributed by atoms with Gasteiger partial charge in [-0.05, 0) is 12.1 Å². The molecule has 16 heavy (non-hydrogen) atoms. The molecule has 0 unspecified atom stereocenters. The Kier molecular flexibility index (Phi) is 1.68. The molecule has 3 rings (SSSR count). The number of rotatable bonds is 1. The SMILES string of the molecule is FC1(F)Oc2ccc(-n3ccnc3)cc2O1. The van der Waals surface area contributed by atoms with Crippen molar-refractivity contribution in [3.8, 4) is 17.2 Å². The number of alkyl halides is 2. The summed E-state index contributed by atoms with van der Waals surface area (Å²) < 4.78 is 35.8. The Balaban J connectivity index is 2.03. The molecule has 1 aliphatic heterocycles. The maximum Gasteiger partial charge on any atom is 0.586 e. The minimum absolute atomic E-state index is 0.0243. The van der Waals surface area contributed by atoms with Crippen LogP contribution >= 0.6 is 0 Å². The number of hydrogen-bond donors (Lipinski definition) is 0. The van der Waals surface area contributed by atoms with Gasteiger partial charge in [-0.2, -0.15) is 0 Å². The second-order valence-corrected chi connectivity index (χ2v) is 3.27. The number of nitrogens with zero attached hydrogens (tertiary/aromatic N) is 2. The summed E-state index contributed by atoms with van der Waals surface area (Å²) in [5.74, 6) is 0.0602. The van der Waals surface area contributed by atoms with Crippen LogP contribution in [0.5, 0.6) is 11.5 Å². The van der Waals surface area contributed by atoms with Gasteiger partial charge >= 0.3 is 6.29 Å². The molecule has 1 aromatic carbocycles. The molecule has 0 atom stereocenters. The van der Waals surface area contributed by atoms with E-state index in [1.54, 1.807) is 29.4 Å². The van der Waals surface area contributed by atoms with E-state index in [-0.39, 0.29) is 11.5 Å². The van der Waals surface area contributed by atoms with Gasteiger partial charge in [-0.3, -0.25) is 0 Å². The fourth-order valence-corrected chi connectivity index (χ4v) is 1.51. The summed E-state index contributed by atoms with van der Waals surface area (Å²) in [6.45, 7) is 0. The second-order valence-electron chi connectivity index (χ2n) is 3.27. The Bertz CT molecular complexity index is 526. The second kappa shape index (κ2) is 2.94. The van der Waals surface area contributed by atoms with Crippen molar-refractivity contribution in [1.29, 1.82) is 0 Å². The van der Waals surface area contributed by atoms with Gasteiger partial charge < -0.3 is 14.0 Å². The highest BCUT2D eigenvalue weighted by molar-refractivity contribution is 5.50. The molecule has 2 aromatic rings. The first-order valence-corrected chi connectivity index (χ1v) is 4.52. The van der Waals surface area contributed by atoms with E-state index in [2.05, 4.69) is 14.5 Å². The molecule has 0 spiro atoms. The van der Waals surface area contributed by atoms with E-state index in [4.69, 9.17) is 0 Å². The predicted molar refractivity (Wildman–Crippen MR) is 49.8 cm³/mol. The molecule has 0 saturated heterocycles. The summed E-state index contributed by atoms with van der Waals surface area (Å²) in [6, 6.07) is 4.55. The zero-order chi connectivity index (χ0) is 11.2. The van der Waals surface area contributed by atoms with Crippen molar-refractivity contribution < 1.29 is 18.3 Å². The number of imidazole rings is 1. The Hall–Kier alpha value is -2.11. The van der Waals surface area contributed by atoms with Crippen molar-refractivity contribution in [2.45, 2.75) is 6.29 Å². The molecular weight excluding hydrogens is 218 g/mol. The molecule has 0 fully saturated rings. The maximum absolute atomic E-state index is 12.7. The molecule has 82 valence electrons. The van der Waals surface area contributed by atoms with E-state index in [1.165, 1.54) is 12.1 Å². The first-order chi connectivity index (χ1) is 7.64. The lowest BCUT2D eigenvalue weighted by atomic mass is 10.3. The van der Waals surface area contributed by atoms with Crippen molar-refractivity contribution in [2.24, 2.45) is 0 Å². The molecule has 1 aliphatic rings. The van der Waals surface area contributed by atoms with E-state index in [1.807, 2.05) is 0 Å². The average Bonchev–Trinajstić information content (AvgIpc) is 2.80. The quantitative estimate of drug-likeness (QED) is 0.744. The van der Waals surface area contributed by atoms with Crippen molar-refractivity contribution in [2.75, 3.05) is 0 Å². The summed E-state index contributed by atoms with van der Waals surface area (Å²) in [5, 5.41) is 0. The predicted octanol–water partition coefficient (Wildman–Crippen LogP) is 2.19. The van der Waals surface area contributed by atoms with Crippen LogP contribution in [0.1, 0.15) is 0 Å². The zero-order valence-electron chi connectivity index (χ0n) is 7.93. The fourth-order valence-electron chi connectivity index (χ4n) is 1.51. The lowest BCUT2D eigenvalue weighted by Gasteiger charge is -2.04. The van der Waals surface area contributed by atoms with E-state index in [0.29, 0.717) is 5.69 Å². The highest BCUT2D eigenvalue weighted by Crippen LogP contribution is 2.41. The van der Waals surface area contributed by atoms with Crippen LogP contribution in [0.25, 0.3) is 5.69 Å². The number of benzene rings is 1. The molecule has 4 nitrogen and oxygen atoms in total. The molecule has 0 radical (unpaired) electrons. The molecular formula is C10H6F2N2O2. The van der Waals surface area contributed by atoms with Gasteiger partial charge in [-0.15, -0.1) is 8.78 Å². The maximum atomic E-state index is 12.7. The van der Waals surface area contributed by atoms with E-state index >= 15 is 0 Å². The molecule has 0 amide bonds. The summed E-state index contributed by atoms with van der Waals surface area (Å²) in [7, 11) is 0. The van der Waals surface area contributed by atoms with Gasteiger partial charge in [0.05, 0.1) is 12.0 Å². The van der Waals surface area contributed by atoms with Gasteiger partial charge in [0.1, 0.15) is 0 Å². The average molecular weight is 224 g/mol. The largest absolute Gasteiger partial charge is 0.586 e. The van der Waals surface area contributed by atoms with Crippen LogP contribution in [0.2, 0.25) is 0 Å². The summed E-state index contributed by atoms with van der Waals surface area (Å²) in [5.41, 5.74) is 0.678. The summed E-state index contributed by atoms with van der Waals surface area (Å²) in [4.78, 5) is 3.86. The summed E-state index contributed by atoms with van der Waals surface area (Å²) in [6.07, 6.45) is 1.29. The van der Waals surface area contributed by atoms with Gasteiger partial charge in [0.25, 0.3) is 0 Å². The van der Waals surface area contributed by atoms with E-state index < -0.39 is 6.29 Å². The van der Waals surface area contributed by atoms with Crippen LogP contribution in [0, 0.1) is 0 Å². The molecule has 0 N–H and O–H groups in total. The standard InChI is InChI=1S/C10H6F2N2O2/c11-10(12)15-8-2-1-7(5-9(8)16-10)14-4-3-13-6-14/h1-6H. The molecule has 0 saturated carbocycles. The minimum atomic E-state index is -3.57. The third kappa shape index (κ3) is 1.39. The molecule has 0 aliphatic carbocycles. The van der Waals surface area contributed by atoms with Gasteiger partial charge in [0.2, 0.25) is 0 Å². The lowest BCUT2D eigenvalue weighted by molar-refractivity contribution is -0.286. The summed E-state index contributed by atoms with van der Waals surface area (Å²) >= 11 is 0. The third-order valence-electron chi connectivity index (χ3n) is 2.19. The van der Waals surface area contributed by atoms with Crippen LogP contribution in [0.15, 0.2) is 36.9 Å². The highest BCUT2D eigenvalue weighted by Gasteiger charge is 2.43. The Morgan fingerprint density at radius 3 is 2.75 bits per heavy atom. The number of hydrogen-bond acceptors (Lipinski definition) is 3. The van der Waals surface area contributed by atoms with Crippen molar-refractivity contribution in [3.05, 3.63) is 36.9 Å². The van der Waals surface area contributed by atoms with Gasteiger partial charge in [0.15, 0.2) is 11.5 Å². The fraction of sp³-hybridized carbons (Fsp3) is 0.100. The van der Waals surface area contributed by atoms with Crippen LogP contribution in [-0.4, -0.2) is 15.8 Å². The van der Waals surface area contributed by atoms with Crippen molar-refractivity contribution in [1.82, 2.24) is 9.55 Å². The molecule has 1 aromatic heterocycles. The number of aromatic nitrogens is 2. The molecule has 6 heteroatoms. The topological polar surface area (TPSA) is 36.3 Å². The zero-order valence-corrected chi connectivity index (χ0v) is 7.93. The monoisotopic (exact) mass is 224 g/mol. The Labute approximate surface area is 89.0 Å². The highest BCUT2D eigenvalue weighted by atomic mass is 19.3. The smallest absolute Gasteiger partial charge is 0.395 e.